The number of hydrogen-bond acceptors (Lipinski definition) is 5. The van der Waals surface area contributed by atoms with Gasteiger partial charge >= 0.3 is 0 Å². The lowest BCUT2D eigenvalue weighted by Gasteiger charge is -2.23. The summed E-state index contributed by atoms with van der Waals surface area (Å²) in [5.74, 6) is 0.162. The molecule has 2 rings (SSSR count). The molecule has 0 radical (unpaired) electrons. The molecule has 1 aromatic carbocycles. The molecule has 2 aromatic rings. The van der Waals surface area contributed by atoms with Crippen LogP contribution in [0.4, 0.5) is 5.69 Å². The number of anilines is 1. The van der Waals surface area contributed by atoms with E-state index in [1.165, 1.54) is 0 Å². The molecule has 0 aliphatic carbocycles. The second kappa shape index (κ2) is 8.66. The first-order valence-electron chi connectivity index (χ1n) is 7.80. The molecule has 1 atom stereocenters. The van der Waals surface area contributed by atoms with Crippen LogP contribution in [0.3, 0.4) is 0 Å². The molecule has 0 bridgehead atoms. The number of rotatable bonds is 7. The van der Waals surface area contributed by atoms with Gasteiger partial charge in [-0.3, -0.25) is 14.5 Å². The molecule has 7 nitrogen and oxygen atoms in total. The summed E-state index contributed by atoms with van der Waals surface area (Å²) in [6.07, 6.45) is 1.54. The van der Waals surface area contributed by atoms with Gasteiger partial charge in [0.1, 0.15) is 11.8 Å². The molecule has 0 fully saturated rings. The van der Waals surface area contributed by atoms with Gasteiger partial charge in [-0.25, -0.2) is 0 Å². The van der Waals surface area contributed by atoms with Crippen LogP contribution in [-0.2, 0) is 16.1 Å². The zero-order valence-electron chi connectivity index (χ0n) is 14.2. The Hall–Kier alpha value is -3.11. The largest absolute Gasteiger partial charge is 0.467 e. The highest BCUT2D eigenvalue weighted by atomic mass is 16.3. The monoisotopic (exact) mass is 340 g/mol. The molecular weight excluding hydrogens is 320 g/mol. The summed E-state index contributed by atoms with van der Waals surface area (Å²) in [7, 11) is 1.69. The fourth-order valence-electron chi connectivity index (χ4n) is 2.15. The first-order chi connectivity index (χ1) is 12.0. The van der Waals surface area contributed by atoms with E-state index in [1.807, 2.05) is 6.07 Å². The molecule has 0 saturated heterocycles. The molecule has 2 amide bonds. The van der Waals surface area contributed by atoms with Crippen molar-refractivity contribution in [2.75, 3.05) is 18.9 Å². The summed E-state index contributed by atoms with van der Waals surface area (Å²) in [6.45, 7) is 2.06. The molecule has 0 aliphatic heterocycles. The van der Waals surface area contributed by atoms with Crippen LogP contribution in [0.5, 0.6) is 0 Å². The minimum atomic E-state index is -0.541. The van der Waals surface area contributed by atoms with Gasteiger partial charge in [-0.1, -0.05) is 12.1 Å². The molecule has 0 saturated carbocycles. The molecule has 1 aromatic heterocycles. The summed E-state index contributed by atoms with van der Waals surface area (Å²) < 4.78 is 5.14. The molecule has 2 N–H and O–H groups in total. The molecule has 0 aliphatic rings. The van der Waals surface area contributed by atoms with E-state index in [0.717, 1.165) is 0 Å². The Bertz CT molecular complexity index is 765. The van der Waals surface area contributed by atoms with Gasteiger partial charge in [0.25, 0.3) is 0 Å². The van der Waals surface area contributed by atoms with E-state index in [9.17, 15) is 9.59 Å². The van der Waals surface area contributed by atoms with Crippen molar-refractivity contribution in [3.05, 3.63) is 54.0 Å². The van der Waals surface area contributed by atoms with Gasteiger partial charge in [0.2, 0.25) is 11.8 Å². The van der Waals surface area contributed by atoms with E-state index in [-0.39, 0.29) is 18.4 Å². The Morgan fingerprint density at radius 1 is 1.28 bits per heavy atom. The molecular formula is C18H20N4O3. The van der Waals surface area contributed by atoms with Gasteiger partial charge in [-0.05, 0) is 38.2 Å². The van der Waals surface area contributed by atoms with Gasteiger partial charge < -0.3 is 15.1 Å². The number of likely N-dealkylation sites (N-methyl/N-ethyl adjacent to an activating group) is 1. The van der Waals surface area contributed by atoms with E-state index in [1.54, 1.807) is 61.5 Å². The SMILES string of the molecule is C[C@H](C(=O)Nc1ccccc1C#N)N(C)CC(=O)NCc1ccco1. The number of carbonyl (C=O) groups is 2. The van der Waals surface area contributed by atoms with Crippen LogP contribution in [0.25, 0.3) is 0 Å². The Morgan fingerprint density at radius 3 is 2.72 bits per heavy atom. The van der Waals surface area contributed by atoms with Crippen molar-refractivity contribution >= 4 is 17.5 Å². The summed E-state index contributed by atoms with van der Waals surface area (Å²) in [5, 5.41) is 14.5. The first-order valence-corrected chi connectivity index (χ1v) is 7.80. The molecule has 25 heavy (non-hydrogen) atoms. The molecule has 7 heteroatoms. The Balaban J connectivity index is 1.85. The maximum Gasteiger partial charge on any atom is 0.241 e. The standard InChI is InChI=1S/C18H20N4O3/c1-13(18(24)21-16-8-4-3-6-14(16)10-19)22(2)12-17(23)20-11-15-7-5-9-25-15/h3-9,13H,11-12H2,1-2H3,(H,20,23)(H,21,24)/t13-/m1/s1. The number of carbonyl (C=O) groups excluding carboxylic acids is 2. The fourth-order valence-corrected chi connectivity index (χ4v) is 2.15. The second-order valence-electron chi connectivity index (χ2n) is 5.59. The van der Waals surface area contributed by atoms with Gasteiger partial charge in [-0.2, -0.15) is 5.26 Å². The maximum atomic E-state index is 12.3. The average Bonchev–Trinajstić information content (AvgIpc) is 3.13. The van der Waals surface area contributed by atoms with Gasteiger partial charge in [-0.15, -0.1) is 0 Å². The van der Waals surface area contributed by atoms with Crippen molar-refractivity contribution in [2.45, 2.75) is 19.5 Å². The van der Waals surface area contributed by atoms with Crippen molar-refractivity contribution in [1.82, 2.24) is 10.2 Å². The maximum absolute atomic E-state index is 12.3. The second-order valence-corrected chi connectivity index (χ2v) is 5.59. The van der Waals surface area contributed by atoms with E-state index in [2.05, 4.69) is 10.6 Å². The third kappa shape index (κ3) is 5.19. The predicted molar refractivity (Wildman–Crippen MR) is 92.4 cm³/mol. The number of hydrogen-bond donors (Lipinski definition) is 2. The molecule has 0 unspecified atom stereocenters. The lowest BCUT2D eigenvalue weighted by Crippen LogP contribution is -2.44. The van der Waals surface area contributed by atoms with Crippen LogP contribution in [-0.4, -0.2) is 36.3 Å². The van der Waals surface area contributed by atoms with Gasteiger partial charge in [0.05, 0.1) is 36.6 Å². The number of furan rings is 1. The Labute approximate surface area is 146 Å². The van der Waals surface area contributed by atoms with Crippen LogP contribution in [0, 0.1) is 11.3 Å². The quantitative estimate of drug-likeness (QED) is 0.800. The highest BCUT2D eigenvalue weighted by Gasteiger charge is 2.21. The number of nitriles is 1. The van der Waals surface area contributed by atoms with Gasteiger partial charge in [0.15, 0.2) is 0 Å². The Kier molecular flexibility index (Phi) is 6.32. The fraction of sp³-hybridized carbons (Fsp3) is 0.278. The topological polar surface area (TPSA) is 98.4 Å². The normalized spacial score (nSPS) is 11.6. The highest BCUT2D eigenvalue weighted by molar-refractivity contribution is 5.96. The smallest absolute Gasteiger partial charge is 0.241 e. The van der Waals surface area contributed by atoms with Gasteiger partial charge in [0, 0.05) is 0 Å². The van der Waals surface area contributed by atoms with Crippen LogP contribution >= 0.6 is 0 Å². The number of para-hydroxylation sites is 1. The van der Waals surface area contributed by atoms with Crippen LogP contribution < -0.4 is 10.6 Å². The lowest BCUT2D eigenvalue weighted by molar-refractivity contribution is -0.125. The van der Waals surface area contributed by atoms with E-state index >= 15 is 0 Å². The molecule has 1 heterocycles. The van der Waals surface area contributed by atoms with Crippen molar-refractivity contribution in [2.24, 2.45) is 0 Å². The highest BCUT2D eigenvalue weighted by Crippen LogP contribution is 2.14. The summed E-state index contributed by atoms with van der Waals surface area (Å²) in [4.78, 5) is 25.9. The van der Waals surface area contributed by atoms with E-state index in [4.69, 9.17) is 9.68 Å². The average molecular weight is 340 g/mol. The predicted octanol–water partition coefficient (Wildman–Crippen LogP) is 1.73. The van der Waals surface area contributed by atoms with Crippen molar-refractivity contribution in [3.63, 3.8) is 0 Å². The molecule has 0 spiro atoms. The van der Waals surface area contributed by atoms with Crippen molar-refractivity contribution < 1.29 is 14.0 Å². The lowest BCUT2D eigenvalue weighted by atomic mass is 10.2. The zero-order chi connectivity index (χ0) is 18.2. The van der Waals surface area contributed by atoms with Crippen LogP contribution in [0.2, 0.25) is 0 Å². The number of nitrogens with one attached hydrogen (secondary N) is 2. The summed E-state index contributed by atoms with van der Waals surface area (Å²) >= 11 is 0. The van der Waals surface area contributed by atoms with Crippen molar-refractivity contribution in [1.29, 1.82) is 5.26 Å². The minimum absolute atomic E-state index is 0.0647. The summed E-state index contributed by atoms with van der Waals surface area (Å²) in [6, 6.07) is 11.8. The molecule has 130 valence electrons. The van der Waals surface area contributed by atoms with Crippen molar-refractivity contribution in [3.8, 4) is 6.07 Å². The van der Waals surface area contributed by atoms with E-state index < -0.39 is 6.04 Å². The summed E-state index contributed by atoms with van der Waals surface area (Å²) in [5.41, 5.74) is 0.847. The van der Waals surface area contributed by atoms with Crippen LogP contribution in [0.15, 0.2) is 47.1 Å². The number of nitrogens with zero attached hydrogens (tertiary/aromatic N) is 2. The Morgan fingerprint density at radius 2 is 2.04 bits per heavy atom. The third-order valence-corrected chi connectivity index (χ3v) is 3.78. The van der Waals surface area contributed by atoms with E-state index in [0.29, 0.717) is 23.6 Å². The zero-order valence-corrected chi connectivity index (χ0v) is 14.2. The first kappa shape index (κ1) is 18.2. The third-order valence-electron chi connectivity index (χ3n) is 3.78. The van der Waals surface area contributed by atoms with Crippen LogP contribution in [0.1, 0.15) is 18.2 Å². The number of amides is 2. The number of benzene rings is 1. The minimum Gasteiger partial charge on any atom is -0.467 e.